The highest BCUT2D eigenvalue weighted by molar-refractivity contribution is 5.10. The first-order valence-electron chi connectivity index (χ1n) is 8.02. The predicted molar refractivity (Wildman–Crippen MR) is 91.8 cm³/mol. The van der Waals surface area contributed by atoms with E-state index in [1.165, 1.54) is 54.4 Å². The minimum Gasteiger partial charge on any atom is -0.0999 e. The normalized spacial score (nSPS) is 31.0. The van der Waals surface area contributed by atoms with E-state index < -0.39 is 0 Å². The van der Waals surface area contributed by atoms with Gasteiger partial charge in [-0.25, -0.2) is 0 Å². The summed E-state index contributed by atoms with van der Waals surface area (Å²) in [6, 6.07) is 0. The van der Waals surface area contributed by atoms with E-state index in [4.69, 9.17) is 0 Å². The van der Waals surface area contributed by atoms with Gasteiger partial charge in [0.15, 0.2) is 0 Å². The Balaban J connectivity index is 2.90. The Morgan fingerprint density at radius 3 is 2.15 bits per heavy atom. The highest BCUT2D eigenvalue weighted by Gasteiger charge is 2.17. The van der Waals surface area contributed by atoms with Crippen molar-refractivity contribution in [2.24, 2.45) is 11.8 Å². The largest absolute Gasteiger partial charge is 0.0999 e. The highest BCUT2D eigenvalue weighted by Crippen LogP contribution is 2.31. The smallest absolute Gasteiger partial charge is 0.0168 e. The summed E-state index contributed by atoms with van der Waals surface area (Å²) in [5.41, 5.74) is 5.72. The van der Waals surface area contributed by atoms with Gasteiger partial charge in [-0.15, -0.1) is 0 Å². The van der Waals surface area contributed by atoms with E-state index in [0.29, 0.717) is 11.8 Å². The van der Waals surface area contributed by atoms with Gasteiger partial charge < -0.3 is 0 Å². The molecule has 20 heavy (non-hydrogen) atoms. The molecule has 0 heteroatoms. The lowest BCUT2D eigenvalue weighted by molar-refractivity contribution is 0.428. The molecular weight excluding hydrogens is 240 g/mol. The zero-order chi connectivity index (χ0) is 15.1. The van der Waals surface area contributed by atoms with Crippen LogP contribution in [0.15, 0.2) is 47.6 Å². The van der Waals surface area contributed by atoms with Crippen molar-refractivity contribution in [1.29, 1.82) is 0 Å². The van der Waals surface area contributed by atoms with Crippen molar-refractivity contribution < 1.29 is 0 Å². The van der Waals surface area contributed by atoms with Crippen LogP contribution in [0.2, 0.25) is 0 Å². The van der Waals surface area contributed by atoms with Gasteiger partial charge in [-0.05, 0) is 78.1 Å². The second-order valence-corrected chi connectivity index (χ2v) is 6.74. The van der Waals surface area contributed by atoms with E-state index in [2.05, 4.69) is 53.0 Å². The van der Waals surface area contributed by atoms with Crippen LogP contribution in [0.3, 0.4) is 0 Å². The summed E-state index contributed by atoms with van der Waals surface area (Å²) in [7, 11) is 0. The molecule has 0 nitrogen and oxygen atoms in total. The van der Waals surface area contributed by atoms with Crippen LogP contribution in [0.5, 0.6) is 0 Å². The van der Waals surface area contributed by atoms with Crippen LogP contribution in [-0.4, -0.2) is 0 Å². The summed E-state index contributed by atoms with van der Waals surface area (Å²) in [6.45, 7) is 17.3. The molecule has 0 spiro atoms. The van der Waals surface area contributed by atoms with Gasteiger partial charge in [-0.3, -0.25) is 0 Å². The van der Waals surface area contributed by atoms with Crippen molar-refractivity contribution in [3.05, 3.63) is 47.6 Å². The number of allylic oxidation sites excluding steroid dienone is 6. The highest BCUT2D eigenvalue weighted by atomic mass is 14.2. The average Bonchev–Trinajstić information content (AvgIpc) is 2.35. The van der Waals surface area contributed by atoms with Crippen molar-refractivity contribution in [3.8, 4) is 0 Å². The van der Waals surface area contributed by atoms with E-state index in [9.17, 15) is 0 Å². The van der Waals surface area contributed by atoms with E-state index in [1.54, 1.807) is 0 Å². The number of hydrogen-bond acceptors (Lipinski definition) is 0. The zero-order valence-corrected chi connectivity index (χ0v) is 14.0. The Kier molecular flexibility index (Phi) is 7.05. The Morgan fingerprint density at radius 1 is 0.950 bits per heavy atom. The molecule has 0 radical (unpaired) electrons. The fourth-order valence-electron chi connectivity index (χ4n) is 2.90. The van der Waals surface area contributed by atoms with Crippen LogP contribution in [0.1, 0.15) is 66.2 Å². The zero-order valence-electron chi connectivity index (χ0n) is 14.0. The number of rotatable bonds is 2. The lowest BCUT2D eigenvalue weighted by atomic mass is 9.81. The summed E-state index contributed by atoms with van der Waals surface area (Å²) in [5.74, 6) is 1.24. The molecule has 0 aliphatic heterocycles. The van der Waals surface area contributed by atoms with Crippen LogP contribution < -0.4 is 0 Å². The van der Waals surface area contributed by atoms with Crippen LogP contribution in [0, 0.1) is 11.8 Å². The first-order valence-corrected chi connectivity index (χ1v) is 8.02. The molecule has 1 rings (SSSR count). The van der Waals surface area contributed by atoms with E-state index >= 15 is 0 Å². The molecule has 0 bridgehead atoms. The van der Waals surface area contributed by atoms with E-state index in [0.717, 1.165) is 6.42 Å². The van der Waals surface area contributed by atoms with Gasteiger partial charge >= 0.3 is 0 Å². The summed E-state index contributed by atoms with van der Waals surface area (Å²) >= 11 is 0. The minimum absolute atomic E-state index is 0.607. The van der Waals surface area contributed by atoms with Crippen molar-refractivity contribution in [1.82, 2.24) is 0 Å². The topological polar surface area (TPSA) is 0 Å². The molecule has 112 valence electrons. The SMILES string of the molecule is C=C(C)[C@@H]1C/C=C(\C)CC/C=C(\C)CC[C@H](C(=C)C)C1. The van der Waals surface area contributed by atoms with Crippen LogP contribution in [0.25, 0.3) is 0 Å². The van der Waals surface area contributed by atoms with E-state index in [-0.39, 0.29) is 0 Å². The lowest BCUT2D eigenvalue weighted by Gasteiger charge is -2.24. The maximum atomic E-state index is 4.22. The Labute approximate surface area is 126 Å². The maximum Gasteiger partial charge on any atom is -0.0168 e. The molecule has 2 atom stereocenters. The van der Waals surface area contributed by atoms with Crippen LogP contribution in [-0.2, 0) is 0 Å². The first kappa shape index (κ1) is 17.0. The van der Waals surface area contributed by atoms with Crippen molar-refractivity contribution in [2.45, 2.75) is 66.2 Å². The Morgan fingerprint density at radius 2 is 1.55 bits per heavy atom. The first-order chi connectivity index (χ1) is 9.40. The van der Waals surface area contributed by atoms with Crippen LogP contribution >= 0.6 is 0 Å². The fraction of sp³-hybridized carbons (Fsp3) is 0.600. The van der Waals surface area contributed by atoms with Gasteiger partial charge in [0.25, 0.3) is 0 Å². The lowest BCUT2D eigenvalue weighted by Crippen LogP contribution is -2.11. The molecule has 0 unspecified atom stereocenters. The second-order valence-electron chi connectivity index (χ2n) is 6.74. The molecular formula is C20H32. The van der Waals surface area contributed by atoms with Gasteiger partial charge in [0.1, 0.15) is 0 Å². The van der Waals surface area contributed by atoms with Gasteiger partial charge in [-0.1, -0.05) is 47.6 Å². The maximum absolute atomic E-state index is 4.22. The third kappa shape index (κ3) is 5.94. The van der Waals surface area contributed by atoms with Crippen molar-refractivity contribution in [3.63, 3.8) is 0 Å². The molecule has 0 aromatic carbocycles. The van der Waals surface area contributed by atoms with Gasteiger partial charge in [0, 0.05) is 0 Å². The molecule has 0 aromatic heterocycles. The van der Waals surface area contributed by atoms with Crippen LogP contribution in [0.4, 0.5) is 0 Å². The standard InChI is InChI=1S/C20H32/c1-15(2)19-12-10-17(5)8-7-9-18(6)11-13-20(14-19)16(3)4/h8,11,19-20H,1,3,7,9-10,12-14H2,2,4-6H3/b17-8+,18-11+/t19-,20+/m0/s1. The van der Waals surface area contributed by atoms with Gasteiger partial charge in [0.2, 0.25) is 0 Å². The van der Waals surface area contributed by atoms with Crippen molar-refractivity contribution >= 4 is 0 Å². The second kappa shape index (κ2) is 8.29. The van der Waals surface area contributed by atoms with E-state index in [1.807, 2.05) is 0 Å². The molecule has 0 N–H and O–H groups in total. The molecule has 0 saturated carbocycles. The minimum atomic E-state index is 0.607. The van der Waals surface area contributed by atoms with Crippen molar-refractivity contribution in [2.75, 3.05) is 0 Å². The average molecular weight is 272 g/mol. The Bertz CT molecular complexity index is 406. The van der Waals surface area contributed by atoms with Gasteiger partial charge in [0.05, 0.1) is 0 Å². The molecule has 0 amide bonds. The summed E-state index contributed by atoms with van der Waals surface area (Å²) in [4.78, 5) is 0. The predicted octanol–water partition coefficient (Wildman–Crippen LogP) is 6.62. The third-order valence-corrected chi connectivity index (χ3v) is 4.63. The molecule has 0 fully saturated rings. The molecule has 1 aliphatic carbocycles. The van der Waals surface area contributed by atoms with Gasteiger partial charge in [-0.2, -0.15) is 0 Å². The fourth-order valence-corrected chi connectivity index (χ4v) is 2.90. The molecule has 0 heterocycles. The summed E-state index contributed by atoms with van der Waals surface area (Å²) < 4.78 is 0. The molecule has 0 saturated heterocycles. The Hall–Kier alpha value is -1.04. The molecule has 1 aliphatic rings. The summed E-state index contributed by atoms with van der Waals surface area (Å²) in [5, 5.41) is 0. The quantitative estimate of drug-likeness (QED) is 0.496. The number of hydrogen-bond donors (Lipinski definition) is 0. The summed E-state index contributed by atoms with van der Waals surface area (Å²) in [6.07, 6.45) is 12.0. The third-order valence-electron chi connectivity index (χ3n) is 4.63. The monoisotopic (exact) mass is 272 g/mol. The molecule has 0 aromatic rings.